The first-order valence-corrected chi connectivity index (χ1v) is 11.5. The van der Waals surface area contributed by atoms with Crippen LogP contribution in [0, 0.1) is 0 Å². The van der Waals surface area contributed by atoms with Crippen LogP contribution >= 0.6 is 0 Å². The highest BCUT2D eigenvalue weighted by Gasteiger charge is 2.20. The molecule has 0 atom stereocenters. The van der Waals surface area contributed by atoms with Gasteiger partial charge in [-0.05, 0) is 46.2 Å². The van der Waals surface area contributed by atoms with Crippen molar-refractivity contribution in [2.75, 3.05) is 0 Å². The Morgan fingerprint density at radius 2 is 1.66 bits per heavy atom. The Morgan fingerprint density at radius 1 is 0.914 bits per heavy atom. The topological polar surface area (TPSA) is 87.6 Å². The minimum atomic E-state index is -0.213. The molecule has 0 aliphatic carbocycles. The molecule has 35 heavy (non-hydrogen) atoms. The molecule has 0 bridgehead atoms. The van der Waals surface area contributed by atoms with E-state index in [0.29, 0.717) is 24.3 Å². The molecule has 174 valence electrons. The molecule has 0 saturated heterocycles. The van der Waals surface area contributed by atoms with Gasteiger partial charge in [0.05, 0.1) is 23.6 Å². The van der Waals surface area contributed by atoms with Crippen molar-refractivity contribution in [3.63, 3.8) is 0 Å². The van der Waals surface area contributed by atoms with Crippen molar-refractivity contribution >= 4 is 6.29 Å². The van der Waals surface area contributed by atoms with Gasteiger partial charge in [-0.15, -0.1) is 5.10 Å². The second-order valence-electron chi connectivity index (χ2n) is 8.21. The van der Waals surface area contributed by atoms with Crippen LogP contribution in [-0.4, -0.2) is 35.6 Å². The van der Waals surface area contributed by atoms with Crippen molar-refractivity contribution in [1.82, 2.24) is 29.3 Å². The van der Waals surface area contributed by atoms with Crippen LogP contribution in [0.15, 0.2) is 90.0 Å². The van der Waals surface area contributed by atoms with Gasteiger partial charge >= 0.3 is 5.69 Å². The van der Waals surface area contributed by atoms with Crippen LogP contribution < -0.4 is 5.69 Å². The standard InChI is InChI=1S/C27H24N6O2/c1-2-8-25-26(18-34)33(22-9-4-3-5-10-22)27(35)31(25)17-20-13-15-21(16-14-20)23-11-6-7-12-24(23)32-19-28-29-30-32/h3-7,9-16,18-19H,2,8,17H2,1H3. The van der Waals surface area contributed by atoms with E-state index in [1.807, 2.05) is 85.8 Å². The lowest BCUT2D eigenvalue weighted by Crippen LogP contribution is -2.25. The third-order valence-corrected chi connectivity index (χ3v) is 6.00. The van der Waals surface area contributed by atoms with E-state index in [-0.39, 0.29) is 5.69 Å². The molecule has 0 aliphatic rings. The minimum Gasteiger partial charge on any atom is -0.296 e. The number of hydrogen-bond acceptors (Lipinski definition) is 5. The molecule has 5 rings (SSSR count). The quantitative estimate of drug-likeness (QED) is 0.323. The van der Waals surface area contributed by atoms with E-state index in [0.717, 1.165) is 40.8 Å². The van der Waals surface area contributed by atoms with E-state index < -0.39 is 0 Å². The minimum absolute atomic E-state index is 0.213. The summed E-state index contributed by atoms with van der Waals surface area (Å²) in [4.78, 5) is 25.5. The van der Waals surface area contributed by atoms with Gasteiger partial charge in [-0.25, -0.2) is 4.79 Å². The van der Waals surface area contributed by atoms with Crippen molar-refractivity contribution < 1.29 is 4.79 Å². The molecule has 2 heterocycles. The number of para-hydroxylation sites is 2. The van der Waals surface area contributed by atoms with Gasteiger partial charge in [-0.1, -0.05) is 74.0 Å². The number of tetrazole rings is 1. The summed E-state index contributed by atoms with van der Waals surface area (Å²) in [5.41, 5.74) is 5.49. The van der Waals surface area contributed by atoms with Gasteiger partial charge in [-0.3, -0.25) is 13.9 Å². The van der Waals surface area contributed by atoms with Gasteiger partial charge in [0.15, 0.2) is 6.29 Å². The van der Waals surface area contributed by atoms with Crippen LogP contribution in [-0.2, 0) is 13.0 Å². The Bertz CT molecular complexity index is 1500. The highest BCUT2D eigenvalue weighted by Crippen LogP contribution is 2.26. The van der Waals surface area contributed by atoms with Crippen LogP contribution in [0.4, 0.5) is 0 Å². The number of hydrogen-bond donors (Lipinski definition) is 0. The van der Waals surface area contributed by atoms with Crippen LogP contribution in [0.25, 0.3) is 22.5 Å². The first kappa shape index (κ1) is 22.2. The summed E-state index contributed by atoms with van der Waals surface area (Å²) in [5, 5.41) is 11.5. The van der Waals surface area contributed by atoms with E-state index in [2.05, 4.69) is 15.5 Å². The maximum absolute atomic E-state index is 13.5. The fraction of sp³-hybridized carbons (Fsp3) is 0.148. The lowest BCUT2D eigenvalue weighted by Gasteiger charge is -2.11. The average Bonchev–Trinajstić information content (AvgIpc) is 3.53. The monoisotopic (exact) mass is 464 g/mol. The normalized spacial score (nSPS) is 11.0. The average molecular weight is 465 g/mol. The molecule has 0 saturated carbocycles. The summed E-state index contributed by atoms with van der Waals surface area (Å²) < 4.78 is 4.85. The molecular weight excluding hydrogens is 440 g/mol. The highest BCUT2D eigenvalue weighted by atomic mass is 16.2. The molecule has 8 heteroatoms. The molecule has 8 nitrogen and oxygen atoms in total. The number of nitrogens with zero attached hydrogens (tertiary/aromatic N) is 6. The molecule has 5 aromatic rings. The number of aromatic nitrogens is 6. The van der Waals surface area contributed by atoms with Crippen LogP contribution in [0.5, 0.6) is 0 Å². The van der Waals surface area contributed by atoms with Gasteiger partial charge < -0.3 is 0 Å². The number of benzene rings is 3. The second kappa shape index (κ2) is 9.72. The molecule has 3 aromatic carbocycles. The Morgan fingerprint density at radius 3 is 2.34 bits per heavy atom. The van der Waals surface area contributed by atoms with Crippen molar-refractivity contribution in [2.45, 2.75) is 26.3 Å². The molecular formula is C27H24N6O2. The lowest BCUT2D eigenvalue weighted by atomic mass is 10.0. The smallest absolute Gasteiger partial charge is 0.296 e. The van der Waals surface area contributed by atoms with Crippen molar-refractivity contribution in [3.05, 3.63) is 113 Å². The third kappa shape index (κ3) is 4.21. The van der Waals surface area contributed by atoms with Gasteiger partial charge in [0.2, 0.25) is 0 Å². The Labute approximate surface area is 202 Å². The molecule has 0 fully saturated rings. The lowest BCUT2D eigenvalue weighted by molar-refractivity contribution is 0.111. The van der Waals surface area contributed by atoms with Crippen molar-refractivity contribution in [3.8, 4) is 22.5 Å². The first-order valence-electron chi connectivity index (χ1n) is 11.5. The molecule has 2 aromatic heterocycles. The van der Waals surface area contributed by atoms with Crippen molar-refractivity contribution in [2.24, 2.45) is 0 Å². The molecule has 0 radical (unpaired) electrons. The van der Waals surface area contributed by atoms with E-state index in [1.165, 1.54) is 4.57 Å². The molecule has 0 unspecified atom stereocenters. The van der Waals surface area contributed by atoms with Crippen LogP contribution in [0.3, 0.4) is 0 Å². The number of imidazole rings is 1. The van der Waals surface area contributed by atoms with Gasteiger partial charge in [-0.2, -0.15) is 4.68 Å². The predicted molar refractivity (Wildman–Crippen MR) is 133 cm³/mol. The number of carbonyl (C=O) groups is 1. The second-order valence-corrected chi connectivity index (χ2v) is 8.21. The number of aldehydes is 1. The Kier molecular flexibility index (Phi) is 6.17. The van der Waals surface area contributed by atoms with E-state index in [4.69, 9.17) is 0 Å². The summed E-state index contributed by atoms with van der Waals surface area (Å²) in [6, 6.07) is 25.3. The summed E-state index contributed by atoms with van der Waals surface area (Å²) in [6.07, 6.45) is 3.82. The summed E-state index contributed by atoms with van der Waals surface area (Å²) in [6.45, 7) is 2.42. The molecule has 0 spiro atoms. The summed E-state index contributed by atoms with van der Waals surface area (Å²) in [7, 11) is 0. The van der Waals surface area contributed by atoms with Gasteiger partial charge in [0.25, 0.3) is 0 Å². The van der Waals surface area contributed by atoms with Crippen molar-refractivity contribution in [1.29, 1.82) is 0 Å². The predicted octanol–water partition coefficient (Wildman–Crippen LogP) is 4.10. The summed E-state index contributed by atoms with van der Waals surface area (Å²) >= 11 is 0. The Hall–Kier alpha value is -4.59. The maximum Gasteiger partial charge on any atom is 0.333 e. The van der Waals surface area contributed by atoms with Gasteiger partial charge in [0.1, 0.15) is 12.0 Å². The maximum atomic E-state index is 13.5. The zero-order chi connectivity index (χ0) is 24.2. The van der Waals surface area contributed by atoms with Crippen LogP contribution in [0.1, 0.15) is 35.1 Å². The Balaban J connectivity index is 1.52. The zero-order valence-electron chi connectivity index (χ0n) is 19.3. The third-order valence-electron chi connectivity index (χ3n) is 6.00. The fourth-order valence-electron chi connectivity index (χ4n) is 4.38. The number of carbonyl (C=O) groups excluding carboxylic acids is 1. The SMILES string of the molecule is CCCc1c(C=O)n(-c2ccccc2)c(=O)n1Cc1ccc(-c2ccccc2-n2cnnn2)cc1. The number of rotatable bonds is 8. The van der Waals surface area contributed by atoms with E-state index in [1.54, 1.807) is 15.6 Å². The van der Waals surface area contributed by atoms with Gasteiger partial charge in [0, 0.05) is 5.56 Å². The zero-order valence-corrected chi connectivity index (χ0v) is 19.3. The van der Waals surface area contributed by atoms with E-state index in [9.17, 15) is 9.59 Å². The molecule has 0 N–H and O–H groups in total. The van der Waals surface area contributed by atoms with Crippen LogP contribution in [0.2, 0.25) is 0 Å². The molecule has 0 amide bonds. The summed E-state index contributed by atoms with van der Waals surface area (Å²) in [5.74, 6) is 0. The van der Waals surface area contributed by atoms with E-state index >= 15 is 0 Å². The molecule has 0 aliphatic heterocycles. The first-order chi connectivity index (χ1) is 17.2. The largest absolute Gasteiger partial charge is 0.333 e. The highest BCUT2D eigenvalue weighted by molar-refractivity contribution is 5.76. The fourth-order valence-corrected chi connectivity index (χ4v) is 4.38.